The van der Waals surface area contributed by atoms with Gasteiger partial charge < -0.3 is 25.3 Å². The summed E-state index contributed by atoms with van der Waals surface area (Å²) in [5.74, 6) is 2.19. The van der Waals surface area contributed by atoms with E-state index in [1.54, 1.807) is 7.05 Å². The summed E-state index contributed by atoms with van der Waals surface area (Å²) in [6.45, 7) is 2.65. The zero-order chi connectivity index (χ0) is 15.7. The molecule has 0 aliphatic rings. The molecule has 3 N–H and O–H groups in total. The molecular formula is C13H23N5O3. The van der Waals surface area contributed by atoms with Crippen LogP contribution in [-0.2, 0) is 13.1 Å². The Morgan fingerprint density at radius 2 is 2.10 bits per heavy atom. The minimum atomic E-state index is -0.499. The lowest BCUT2D eigenvalue weighted by atomic mass is 10.4. The molecule has 0 aromatic carbocycles. The predicted molar refractivity (Wildman–Crippen MR) is 79.9 cm³/mol. The number of nitrogens with one attached hydrogen (secondary N) is 3. The van der Waals surface area contributed by atoms with E-state index in [1.165, 1.54) is 0 Å². The average Bonchev–Trinajstić information content (AvgIpc) is 2.83. The van der Waals surface area contributed by atoms with Gasteiger partial charge in [0.1, 0.15) is 11.5 Å². The maximum Gasteiger partial charge on any atom is 0.274 e. The SMILES string of the molecule is CNC(=C[N+](=O)[O-])NCCNCc1ccc(CN(C)C)o1. The summed E-state index contributed by atoms with van der Waals surface area (Å²) in [6.07, 6.45) is 0.903. The lowest BCUT2D eigenvalue weighted by Gasteiger charge is -2.08. The van der Waals surface area contributed by atoms with Crippen molar-refractivity contribution in [1.29, 1.82) is 0 Å². The smallest absolute Gasteiger partial charge is 0.274 e. The molecule has 0 fully saturated rings. The molecule has 0 aliphatic heterocycles. The molecule has 0 radical (unpaired) electrons. The van der Waals surface area contributed by atoms with Gasteiger partial charge in [0.25, 0.3) is 6.20 Å². The number of nitrogens with zero attached hydrogens (tertiary/aromatic N) is 2. The second-order valence-corrected chi connectivity index (χ2v) is 4.79. The molecule has 0 atom stereocenters. The summed E-state index contributed by atoms with van der Waals surface area (Å²) in [6, 6.07) is 3.92. The first-order valence-corrected chi connectivity index (χ1v) is 6.71. The Hall–Kier alpha value is -2.06. The first-order valence-electron chi connectivity index (χ1n) is 6.71. The summed E-state index contributed by atoms with van der Waals surface area (Å²) in [5.41, 5.74) is 0. The van der Waals surface area contributed by atoms with E-state index in [4.69, 9.17) is 4.42 Å². The van der Waals surface area contributed by atoms with Crippen LogP contribution in [0.2, 0.25) is 0 Å². The Labute approximate surface area is 124 Å². The second-order valence-electron chi connectivity index (χ2n) is 4.79. The monoisotopic (exact) mass is 297 g/mol. The van der Waals surface area contributed by atoms with Crippen molar-refractivity contribution in [3.63, 3.8) is 0 Å². The Balaban J connectivity index is 2.22. The molecule has 1 heterocycles. The molecular weight excluding hydrogens is 274 g/mol. The number of hydrogen-bond donors (Lipinski definition) is 3. The molecule has 8 heteroatoms. The summed E-state index contributed by atoms with van der Waals surface area (Å²) in [4.78, 5) is 11.9. The van der Waals surface area contributed by atoms with Gasteiger partial charge in [0.15, 0.2) is 5.82 Å². The summed E-state index contributed by atoms with van der Waals surface area (Å²) < 4.78 is 5.66. The van der Waals surface area contributed by atoms with Gasteiger partial charge in [-0.3, -0.25) is 10.1 Å². The van der Waals surface area contributed by atoms with E-state index in [0.29, 0.717) is 25.5 Å². The van der Waals surface area contributed by atoms with Crippen LogP contribution in [0.1, 0.15) is 11.5 Å². The normalized spacial score (nSPS) is 11.7. The van der Waals surface area contributed by atoms with Crippen LogP contribution in [0, 0.1) is 10.1 Å². The van der Waals surface area contributed by atoms with Gasteiger partial charge in [-0.15, -0.1) is 0 Å². The Morgan fingerprint density at radius 1 is 1.38 bits per heavy atom. The Kier molecular flexibility index (Phi) is 7.27. The third-order valence-electron chi connectivity index (χ3n) is 2.61. The fourth-order valence-corrected chi connectivity index (χ4v) is 1.72. The van der Waals surface area contributed by atoms with E-state index in [9.17, 15) is 10.1 Å². The van der Waals surface area contributed by atoms with Crippen LogP contribution in [0.4, 0.5) is 0 Å². The topological polar surface area (TPSA) is 95.6 Å². The molecule has 0 aliphatic carbocycles. The molecule has 8 nitrogen and oxygen atoms in total. The third kappa shape index (κ3) is 7.33. The van der Waals surface area contributed by atoms with Gasteiger partial charge in [-0.05, 0) is 26.2 Å². The van der Waals surface area contributed by atoms with Crippen LogP contribution < -0.4 is 16.0 Å². The van der Waals surface area contributed by atoms with Crippen molar-refractivity contribution in [2.45, 2.75) is 13.1 Å². The zero-order valence-electron chi connectivity index (χ0n) is 12.7. The standard InChI is InChI=1S/C13H23N5O3/c1-14-13(10-18(19)20)16-7-6-15-8-11-4-5-12(21-11)9-17(2)3/h4-5,10,14-16H,6-9H2,1-3H3. The first-order chi connectivity index (χ1) is 10.0. The summed E-state index contributed by atoms with van der Waals surface area (Å²) >= 11 is 0. The van der Waals surface area contributed by atoms with E-state index in [2.05, 4.69) is 16.0 Å². The maximum absolute atomic E-state index is 10.3. The highest BCUT2D eigenvalue weighted by atomic mass is 16.6. The molecule has 21 heavy (non-hydrogen) atoms. The lowest BCUT2D eigenvalue weighted by molar-refractivity contribution is -0.404. The largest absolute Gasteiger partial charge is 0.463 e. The van der Waals surface area contributed by atoms with Crippen molar-refractivity contribution in [2.75, 3.05) is 34.2 Å². The quantitative estimate of drug-likeness (QED) is 0.325. The molecule has 0 saturated heterocycles. The van der Waals surface area contributed by atoms with Crippen LogP contribution >= 0.6 is 0 Å². The lowest BCUT2D eigenvalue weighted by Crippen LogP contribution is -2.31. The van der Waals surface area contributed by atoms with Gasteiger partial charge in [0.2, 0.25) is 0 Å². The minimum absolute atomic E-state index is 0.382. The van der Waals surface area contributed by atoms with Crippen LogP contribution in [0.25, 0.3) is 0 Å². The molecule has 1 aromatic heterocycles. The zero-order valence-corrected chi connectivity index (χ0v) is 12.7. The van der Waals surface area contributed by atoms with Gasteiger partial charge in [-0.2, -0.15) is 0 Å². The molecule has 1 rings (SSSR count). The predicted octanol–water partition coefficient (Wildman–Crippen LogP) is 0.315. The highest BCUT2D eigenvalue weighted by molar-refractivity contribution is 5.06. The van der Waals surface area contributed by atoms with Crippen molar-refractivity contribution >= 4 is 0 Å². The average molecular weight is 297 g/mol. The van der Waals surface area contributed by atoms with Gasteiger partial charge >= 0.3 is 0 Å². The molecule has 0 bridgehead atoms. The second kappa shape index (κ2) is 8.98. The van der Waals surface area contributed by atoms with Gasteiger partial charge in [-0.25, -0.2) is 0 Å². The highest BCUT2D eigenvalue weighted by Gasteiger charge is 2.03. The van der Waals surface area contributed by atoms with Crippen LogP contribution in [0.5, 0.6) is 0 Å². The van der Waals surface area contributed by atoms with Crippen molar-refractivity contribution < 1.29 is 9.34 Å². The van der Waals surface area contributed by atoms with Crippen molar-refractivity contribution in [1.82, 2.24) is 20.9 Å². The fraction of sp³-hybridized carbons (Fsp3) is 0.538. The third-order valence-corrected chi connectivity index (χ3v) is 2.61. The van der Waals surface area contributed by atoms with Crippen molar-refractivity contribution in [3.05, 3.63) is 45.8 Å². The van der Waals surface area contributed by atoms with E-state index in [0.717, 1.165) is 24.3 Å². The minimum Gasteiger partial charge on any atom is -0.463 e. The van der Waals surface area contributed by atoms with E-state index < -0.39 is 4.92 Å². The van der Waals surface area contributed by atoms with Crippen LogP contribution in [-0.4, -0.2) is 44.1 Å². The molecule has 0 unspecified atom stereocenters. The van der Waals surface area contributed by atoms with Crippen molar-refractivity contribution in [2.24, 2.45) is 0 Å². The molecule has 118 valence electrons. The Morgan fingerprint density at radius 3 is 2.71 bits per heavy atom. The van der Waals surface area contributed by atoms with E-state index in [-0.39, 0.29) is 0 Å². The summed E-state index contributed by atoms with van der Waals surface area (Å²) in [5, 5.41) is 19.2. The van der Waals surface area contributed by atoms with Gasteiger partial charge in [0.05, 0.1) is 18.0 Å². The van der Waals surface area contributed by atoms with Gasteiger partial charge in [-0.1, -0.05) is 0 Å². The van der Waals surface area contributed by atoms with Crippen molar-refractivity contribution in [3.8, 4) is 0 Å². The molecule has 0 amide bonds. The Bertz CT molecular complexity index is 470. The number of rotatable bonds is 10. The van der Waals surface area contributed by atoms with Gasteiger partial charge in [0, 0.05) is 20.1 Å². The highest BCUT2D eigenvalue weighted by Crippen LogP contribution is 2.08. The van der Waals surface area contributed by atoms with E-state index in [1.807, 2.05) is 31.1 Å². The van der Waals surface area contributed by atoms with E-state index >= 15 is 0 Å². The number of hydrogen-bond acceptors (Lipinski definition) is 7. The summed E-state index contributed by atoms with van der Waals surface area (Å²) in [7, 11) is 5.61. The number of nitro groups is 1. The first kappa shape index (κ1) is 17.0. The molecule has 1 aromatic rings. The van der Waals surface area contributed by atoms with Crippen LogP contribution in [0.15, 0.2) is 28.6 Å². The molecule has 0 saturated carbocycles. The fourth-order valence-electron chi connectivity index (χ4n) is 1.72. The maximum atomic E-state index is 10.3. The van der Waals surface area contributed by atoms with Crippen LogP contribution in [0.3, 0.4) is 0 Å². The number of furan rings is 1. The molecule has 0 spiro atoms.